The van der Waals surface area contributed by atoms with Gasteiger partial charge in [0, 0.05) is 12.5 Å². The normalized spacial score (nSPS) is 11.3. The maximum atomic E-state index is 11.6. The summed E-state index contributed by atoms with van der Waals surface area (Å²) in [6.45, 7) is 2.06. The van der Waals surface area contributed by atoms with E-state index in [0.29, 0.717) is 23.0 Å². The predicted octanol–water partition coefficient (Wildman–Crippen LogP) is 2.30. The van der Waals surface area contributed by atoms with Crippen molar-refractivity contribution in [2.45, 2.75) is 6.92 Å². The van der Waals surface area contributed by atoms with Crippen LogP contribution in [0.5, 0.6) is 5.75 Å². The molecule has 6 heteroatoms. The van der Waals surface area contributed by atoms with Crippen molar-refractivity contribution < 1.29 is 9.53 Å². The Bertz CT molecular complexity index is 386. The molecule has 0 radical (unpaired) electrons. The first kappa shape index (κ1) is 16.0. The molecule has 1 amide bonds. The number of nitrogens with two attached hydrogens (primary N) is 1. The van der Waals surface area contributed by atoms with E-state index in [0.717, 1.165) is 0 Å². The number of para-hydroxylation sites is 1. The second kappa shape index (κ2) is 7.37. The molecule has 1 atom stereocenters. The third kappa shape index (κ3) is 4.07. The predicted molar refractivity (Wildman–Crippen MR) is 72.1 cm³/mol. The number of carbonyl (C=O) groups excluding carboxylic acids is 1. The monoisotopic (exact) mass is 278 g/mol. The van der Waals surface area contributed by atoms with Gasteiger partial charge in [0.2, 0.25) is 5.91 Å². The summed E-state index contributed by atoms with van der Waals surface area (Å²) >= 11 is 5.93. The molecule has 96 valence electrons. The Morgan fingerprint density at radius 3 is 2.76 bits per heavy atom. The molecule has 0 saturated carbocycles. The van der Waals surface area contributed by atoms with Gasteiger partial charge in [-0.05, 0) is 12.1 Å². The van der Waals surface area contributed by atoms with E-state index in [1.807, 2.05) is 0 Å². The number of hydrogen-bond acceptors (Lipinski definition) is 3. The lowest BCUT2D eigenvalue weighted by Gasteiger charge is -2.13. The maximum Gasteiger partial charge on any atom is 0.228 e. The molecule has 1 aromatic carbocycles. The van der Waals surface area contributed by atoms with Crippen molar-refractivity contribution in [1.82, 2.24) is 0 Å². The molecule has 1 unspecified atom stereocenters. The quantitative estimate of drug-likeness (QED) is 0.888. The van der Waals surface area contributed by atoms with E-state index in [2.05, 4.69) is 5.32 Å². The largest absolute Gasteiger partial charge is 0.493 e. The average molecular weight is 279 g/mol. The third-order valence-corrected chi connectivity index (χ3v) is 2.53. The number of hydrogen-bond donors (Lipinski definition) is 2. The molecule has 0 heterocycles. The van der Waals surface area contributed by atoms with Crippen LogP contribution in [0.15, 0.2) is 18.2 Å². The summed E-state index contributed by atoms with van der Waals surface area (Å²) in [5.41, 5.74) is 5.96. The van der Waals surface area contributed by atoms with Gasteiger partial charge in [0.15, 0.2) is 5.75 Å². The van der Waals surface area contributed by atoms with E-state index >= 15 is 0 Å². The van der Waals surface area contributed by atoms with Crippen molar-refractivity contribution >= 4 is 35.6 Å². The molecule has 4 nitrogen and oxygen atoms in total. The fraction of sp³-hybridized carbons (Fsp3) is 0.364. The summed E-state index contributed by atoms with van der Waals surface area (Å²) in [5.74, 6) is 0.0634. The molecule has 0 fully saturated rings. The molecule has 17 heavy (non-hydrogen) atoms. The van der Waals surface area contributed by atoms with Crippen LogP contribution in [0.1, 0.15) is 6.92 Å². The second-order valence-corrected chi connectivity index (χ2v) is 3.85. The maximum absolute atomic E-state index is 11.6. The second-order valence-electron chi connectivity index (χ2n) is 3.45. The average Bonchev–Trinajstić information content (AvgIpc) is 2.28. The molecule has 0 aromatic heterocycles. The van der Waals surface area contributed by atoms with Gasteiger partial charge in [0.1, 0.15) is 0 Å². The number of carbonyl (C=O) groups is 1. The van der Waals surface area contributed by atoms with Crippen molar-refractivity contribution in [1.29, 1.82) is 0 Å². The van der Waals surface area contributed by atoms with Crippen LogP contribution in [-0.4, -0.2) is 19.6 Å². The highest BCUT2D eigenvalue weighted by Gasteiger charge is 2.14. The summed E-state index contributed by atoms with van der Waals surface area (Å²) < 4.78 is 5.11. The number of anilines is 1. The summed E-state index contributed by atoms with van der Waals surface area (Å²) in [7, 11) is 1.50. The lowest BCUT2D eigenvalue weighted by atomic mass is 10.1. The highest BCUT2D eigenvalue weighted by Crippen LogP contribution is 2.32. The van der Waals surface area contributed by atoms with Crippen LogP contribution in [0.4, 0.5) is 5.69 Å². The minimum Gasteiger partial charge on any atom is -0.493 e. The topological polar surface area (TPSA) is 64.3 Å². The minimum atomic E-state index is -0.247. The van der Waals surface area contributed by atoms with Crippen LogP contribution in [0.25, 0.3) is 0 Å². The zero-order valence-electron chi connectivity index (χ0n) is 9.70. The van der Waals surface area contributed by atoms with Crippen molar-refractivity contribution in [3.8, 4) is 5.75 Å². The molecule has 0 spiro atoms. The molecular formula is C11H16Cl2N2O2. The Labute approximate surface area is 112 Å². The van der Waals surface area contributed by atoms with Gasteiger partial charge >= 0.3 is 0 Å². The summed E-state index contributed by atoms with van der Waals surface area (Å²) in [6.07, 6.45) is 0. The van der Waals surface area contributed by atoms with E-state index in [4.69, 9.17) is 22.1 Å². The third-order valence-electron chi connectivity index (χ3n) is 2.23. The van der Waals surface area contributed by atoms with Gasteiger partial charge in [-0.3, -0.25) is 4.79 Å². The fourth-order valence-corrected chi connectivity index (χ4v) is 1.43. The molecule has 0 saturated heterocycles. The Morgan fingerprint density at radius 2 is 2.24 bits per heavy atom. The Hall–Kier alpha value is -0.970. The number of nitrogens with one attached hydrogen (secondary N) is 1. The molecule has 0 bridgehead atoms. The number of amides is 1. The minimum absolute atomic E-state index is 0. The lowest BCUT2D eigenvalue weighted by molar-refractivity contribution is -0.119. The first-order valence-corrected chi connectivity index (χ1v) is 5.31. The molecule has 1 aromatic rings. The zero-order valence-corrected chi connectivity index (χ0v) is 11.3. The van der Waals surface area contributed by atoms with Crippen LogP contribution in [-0.2, 0) is 4.79 Å². The van der Waals surface area contributed by atoms with E-state index < -0.39 is 0 Å². The summed E-state index contributed by atoms with van der Waals surface area (Å²) in [4.78, 5) is 11.6. The summed E-state index contributed by atoms with van der Waals surface area (Å²) in [5, 5.41) is 3.18. The van der Waals surface area contributed by atoms with Crippen molar-refractivity contribution in [2.75, 3.05) is 19.0 Å². The Balaban J connectivity index is 0.00000256. The standard InChI is InChI=1S/C11H15ClN2O2.ClH/c1-7(6-13)11(15)14-9-5-3-4-8(12)10(9)16-2;/h3-5,7H,6,13H2,1-2H3,(H,14,15);1H. The molecular weight excluding hydrogens is 263 g/mol. The highest BCUT2D eigenvalue weighted by molar-refractivity contribution is 6.32. The Kier molecular flexibility index (Phi) is 6.95. The Morgan fingerprint density at radius 1 is 1.59 bits per heavy atom. The molecule has 1 rings (SSSR count). The summed E-state index contributed by atoms with van der Waals surface area (Å²) in [6, 6.07) is 5.17. The number of halogens is 2. The SMILES string of the molecule is COc1c(Cl)cccc1NC(=O)C(C)CN.Cl. The van der Waals surface area contributed by atoms with Gasteiger partial charge in [-0.15, -0.1) is 12.4 Å². The van der Waals surface area contributed by atoms with Crippen LogP contribution < -0.4 is 15.8 Å². The van der Waals surface area contributed by atoms with Crippen LogP contribution in [0, 0.1) is 5.92 Å². The van der Waals surface area contributed by atoms with E-state index in [1.165, 1.54) is 7.11 Å². The van der Waals surface area contributed by atoms with Gasteiger partial charge in [-0.25, -0.2) is 0 Å². The molecule has 0 aliphatic carbocycles. The van der Waals surface area contributed by atoms with Gasteiger partial charge in [-0.2, -0.15) is 0 Å². The molecule has 0 aliphatic heterocycles. The van der Waals surface area contributed by atoms with Gasteiger partial charge in [0.25, 0.3) is 0 Å². The van der Waals surface area contributed by atoms with Crippen molar-refractivity contribution in [3.05, 3.63) is 23.2 Å². The lowest BCUT2D eigenvalue weighted by Crippen LogP contribution is -2.26. The number of ether oxygens (including phenoxy) is 1. The van der Waals surface area contributed by atoms with Crippen molar-refractivity contribution in [2.24, 2.45) is 11.7 Å². The smallest absolute Gasteiger partial charge is 0.228 e. The van der Waals surface area contributed by atoms with E-state index in [-0.39, 0.29) is 24.2 Å². The van der Waals surface area contributed by atoms with Gasteiger partial charge in [0.05, 0.1) is 17.8 Å². The van der Waals surface area contributed by atoms with Crippen molar-refractivity contribution in [3.63, 3.8) is 0 Å². The van der Waals surface area contributed by atoms with Crippen LogP contribution in [0.3, 0.4) is 0 Å². The van der Waals surface area contributed by atoms with E-state index in [1.54, 1.807) is 25.1 Å². The highest BCUT2D eigenvalue weighted by atomic mass is 35.5. The number of methoxy groups -OCH3 is 1. The first-order chi connectivity index (χ1) is 7.60. The fourth-order valence-electron chi connectivity index (χ4n) is 1.18. The van der Waals surface area contributed by atoms with Gasteiger partial charge < -0.3 is 15.8 Å². The zero-order chi connectivity index (χ0) is 12.1. The van der Waals surface area contributed by atoms with Gasteiger partial charge in [-0.1, -0.05) is 24.6 Å². The molecule has 0 aliphatic rings. The van der Waals surface area contributed by atoms with E-state index in [9.17, 15) is 4.79 Å². The molecule has 3 N–H and O–H groups in total. The first-order valence-electron chi connectivity index (χ1n) is 4.93. The number of benzene rings is 1. The van der Waals surface area contributed by atoms with Crippen LogP contribution in [0.2, 0.25) is 5.02 Å². The van der Waals surface area contributed by atoms with Crippen LogP contribution >= 0.6 is 24.0 Å². The number of rotatable bonds is 4.